The van der Waals surface area contributed by atoms with E-state index in [0.29, 0.717) is 23.7 Å². The van der Waals surface area contributed by atoms with Crippen LogP contribution in [0.3, 0.4) is 0 Å². The number of nitrogens with one attached hydrogen (secondary N) is 1. The Labute approximate surface area is 155 Å². The van der Waals surface area contributed by atoms with Gasteiger partial charge in [-0.1, -0.05) is 12.1 Å². The Hall–Kier alpha value is -3.35. The van der Waals surface area contributed by atoms with E-state index in [-0.39, 0.29) is 31.1 Å². The zero-order valence-electron chi connectivity index (χ0n) is 14.4. The Morgan fingerprint density at radius 3 is 2.89 bits per heavy atom. The Bertz CT molecular complexity index is 928. The largest absolute Gasteiger partial charge is 0.454 e. The minimum Gasteiger partial charge on any atom is -0.454 e. The Kier molecular flexibility index (Phi) is 4.50. The molecule has 1 fully saturated rings. The maximum absolute atomic E-state index is 13.4. The fourth-order valence-electron chi connectivity index (χ4n) is 3.14. The fourth-order valence-corrected chi connectivity index (χ4v) is 3.14. The normalized spacial score (nSPS) is 18.3. The van der Waals surface area contributed by atoms with Crippen LogP contribution in [0.5, 0.6) is 11.5 Å². The highest BCUT2D eigenvalue weighted by atomic mass is 19.1. The molecule has 2 aliphatic rings. The highest BCUT2D eigenvalue weighted by Crippen LogP contribution is 2.32. The van der Waals surface area contributed by atoms with E-state index < -0.39 is 5.82 Å². The van der Waals surface area contributed by atoms with Crippen molar-refractivity contribution >= 4 is 23.6 Å². The van der Waals surface area contributed by atoms with Gasteiger partial charge >= 0.3 is 0 Å². The lowest BCUT2D eigenvalue weighted by atomic mass is 10.2. The van der Waals surface area contributed by atoms with Gasteiger partial charge in [-0.2, -0.15) is 0 Å². The molecule has 2 amide bonds. The van der Waals surface area contributed by atoms with Gasteiger partial charge in [0, 0.05) is 24.7 Å². The third-order valence-electron chi connectivity index (χ3n) is 4.42. The van der Waals surface area contributed by atoms with Crippen LogP contribution in [0.4, 0.5) is 10.1 Å². The molecule has 0 spiro atoms. The third kappa shape index (κ3) is 3.76. The van der Waals surface area contributed by atoms with Crippen LogP contribution in [0.2, 0.25) is 0 Å². The molecule has 1 N–H and O–H groups in total. The van der Waals surface area contributed by atoms with Gasteiger partial charge in [-0.25, -0.2) is 4.39 Å². The van der Waals surface area contributed by atoms with E-state index in [9.17, 15) is 14.0 Å². The molecule has 6 nitrogen and oxygen atoms in total. The van der Waals surface area contributed by atoms with Crippen LogP contribution in [-0.4, -0.2) is 31.2 Å². The van der Waals surface area contributed by atoms with Crippen molar-refractivity contribution < 1.29 is 23.5 Å². The SMILES string of the molecule is O=C(/C=C\c1ccc2c(c1)OCO2)NC1CC(=O)N(c2cccc(F)c2)C1. The van der Waals surface area contributed by atoms with E-state index in [4.69, 9.17) is 9.47 Å². The van der Waals surface area contributed by atoms with Gasteiger partial charge < -0.3 is 19.7 Å². The number of fused-ring (bicyclic) bond motifs is 1. The molecule has 0 aliphatic carbocycles. The predicted octanol–water partition coefficient (Wildman–Crippen LogP) is 2.49. The van der Waals surface area contributed by atoms with Crippen LogP contribution in [0.15, 0.2) is 48.5 Å². The van der Waals surface area contributed by atoms with Gasteiger partial charge in [-0.05, 0) is 42.0 Å². The van der Waals surface area contributed by atoms with Gasteiger partial charge in [-0.3, -0.25) is 9.59 Å². The Balaban J connectivity index is 1.36. The van der Waals surface area contributed by atoms with E-state index >= 15 is 0 Å². The fraction of sp³-hybridized carbons (Fsp3) is 0.200. The number of anilines is 1. The second kappa shape index (κ2) is 7.11. The first-order chi connectivity index (χ1) is 13.1. The summed E-state index contributed by atoms with van der Waals surface area (Å²) in [5.41, 5.74) is 1.30. The second-order valence-electron chi connectivity index (χ2n) is 6.34. The summed E-state index contributed by atoms with van der Waals surface area (Å²) in [6, 6.07) is 10.9. The van der Waals surface area contributed by atoms with E-state index in [2.05, 4.69) is 5.32 Å². The number of halogens is 1. The molecule has 2 heterocycles. The molecule has 2 aliphatic heterocycles. The van der Waals surface area contributed by atoms with Crippen molar-refractivity contribution in [2.24, 2.45) is 0 Å². The zero-order valence-corrected chi connectivity index (χ0v) is 14.4. The molecular formula is C20H17FN2O4. The van der Waals surface area contributed by atoms with Crippen molar-refractivity contribution in [1.29, 1.82) is 0 Å². The quantitative estimate of drug-likeness (QED) is 0.842. The van der Waals surface area contributed by atoms with E-state index in [1.54, 1.807) is 30.3 Å². The number of ether oxygens (including phenoxy) is 2. The molecule has 1 atom stereocenters. The summed E-state index contributed by atoms with van der Waals surface area (Å²) in [6.45, 7) is 0.506. The highest BCUT2D eigenvalue weighted by Gasteiger charge is 2.31. The minimum absolute atomic E-state index is 0.148. The maximum Gasteiger partial charge on any atom is 0.244 e. The van der Waals surface area contributed by atoms with Gasteiger partial charge in [0.2, 0.25) is 18.6 Å². The molecule has 0 aromatic heterocycles. The molecule has 2 aromatic rings. The molecule has 1 unspecified atom stereocenters. The number of amides is 2. The molecule has 138 valence electrons. The summed E-state index contributed by atoms with van der Waals surface area (Å²) in [4.78, 5) is 25.8. The molecule has 27 heavy (non-hydrogen) atoms. The third-order valence-corrected chi connectivity index (χ3v) is 4.42. The van der Waals surface area contributed by atoms with Crippen molar-refractivity contribution in [3.05, 3.63) is 59.9 Å². The highest BCUT2D eigenvalue weighted by molar-refractivity contribution is 5.98. The summed E-state index contributed by atoms with van der Waals surface area (Å²) in [5.74, 6) is 0.472. The monoisotopic (exact) mass is 368 g/mol. The number of hydrogen-bond donors (Lipinski definition) is 1. The lowest BCUT2D eigenvalue weighted by Gasteiger charge is -2.17. The number of nitrogens with zero attached hydrogens (tertiary/aromatic N) is 1. The van der Waals surface area contributed by atoms with E-state index in [1.165, 1.54) is 23.1 Å². The predicted molar refractivity (Wildman–Crippen MR) is 96.9 cm³/mol. The number of benzene rings is 2. The van der Waals surface area contributed by atoms with Crippen molar-refractivity contribution in [2.45, 2.75) is 12.5 Å². The van der Waals surface area contributed by atoms with E-state index in [1.807, 2.05) is 6.07 Å². The van der Waals surface area contributed by atoms with Crippen LogP contribution in [0.25, 0.3) is 6.08 Å². The van der Waals surface area contributed by atoms with Crippen molar-refractivity contribution in [3.63, 3.8) is 0 Å². The second-order valence-corrected chi connectivity index (χ2v) is 6.34. The lowest BCUT2D eigenvalue weighted by molar-refractivity contribution is -0.117. The van der Waals surface area contributed by atoms with Crippen LogP contribution in [-0.2, 0) is 9.59 Å². The van der Waals surface area contributed by atoms with Crippen molar-refractivity contribution in [1.82, 2.24) is 5.32 Å². The average molecular weight is 368 g/mol. The van der Waals surface area contributed by atoms with Crippen molar-refractivity contribution in [3.8, 4) is 11.5 Å². The molecule has 0 radical (unpaired) electrons. The van der Waals surface area contributed by atoms with Gasteiger partial charge in [-0.15, -0.1) is 0 Å². The topological polar surface area (TPSA) is 67.9 Å². The molecule has 4 rings (SSSR count). The van der Waals surface area contributed by atoms with Gasteiger partial charge in [0.1, 0.15) is 5.82 Å². The number of rotatable bonds is 4. The van der Waals surface area contributed by atoms with Crippen LogP contribution >= 0.6 is 0 Å². The summed E-state index contributed by atoms with van der Waals surface area (Å²) in [6.07, 6.45) is 3.26. The molecule has 7 heteroatoms. The molecule has 0 saturated carbocycles. The Morgan fingerprint density at radius 2 is 2.04 bits per heavy atom. The number of carbonyl (C=O) groups excluding carboxylic acids is 2. The molecular weight excluding hydrogens is 351 g/mol. The lowest BCUT2D eigenvalue weighted by Crippen LogP contribution is -2.36. The summed E-state index contributed by atoms with van der Waals surface area (Å²) >= 11 is 0. The minimum atomic E-state index is -0.403. The summed E-state index contributed by atoms with van der Waals surface area (Å²) in [5, 5.41) is 2.81. The van der Waals surface area contributed by atoms with Crippen LogP contribution in [0, 0.1) is 5.82 Å². The van der Waals surface area contributed by atoms with Crippen LogP contribution in [0.1, 0.15) is 12.0 Å². The first-order valence-corrected chi connectivity index (χ1v) is 8.53. The van der Waals surface area contributed by atoms with E-state index in [0.717, 1.165) is 5.56 Å². The van der Waals surface area contributed by atoms with Gasteiger partial charge in [0.05, 0.1) is 6.04 Å². The standard InChI is InChI=1S/C20H17FN2O4/c21-14-2-1-3-16(9-14)23-11-15(10-20(23)25)22-19(24)7-5-13-4-6-17-18(8-13)27-12-26-17/h1-9,15H,10-12H2,(H,22,24)/b7-5-. The van der Waals surface area contributed by atoms with Gasteiger partial charge in [0.15, 0.2) is 11.5 Å². The Morgan fingerprint density at radius 1 is 1.19 bits per heavy atom. The molecule has 2 aromatic carbocycles. The molecule has 0 bridgehead atoms. The summed E-state index contributed by atoms with van der Waals surface area (Å²) < 4.78 is 23.9. The summed E-state index contributed by atoms with van der Waals surface area (Å²) in [7, 11) is 0. The first kappa shape index (κ1) is 17.1. The number of carbonyl (C=O) groups is 2. The van der Waals surface area contributed by atoms with Crippen molar-refractivity contribution in [2.75, 3.05) is 18.2 Å². The maximum atomic E-state index is 13.4. The molecule has 1 saturated heterocycles. The van der Waals surface area contributed by atoms with Crippen LogP contribution < -0.4 is 19.7 Å². The first-order valence-electron chi connectivity index (χ1n) is 8.53. The zero-order chi connectivity index (χ0) is 18.8. The smallest absolute Gasteiger partial charge is 0.244 e. The van der Waals surface area contributed by atoms with Gasteiger partial charge in [0.25, 0.3) is 0 Å². The average Bonchev–Trinajstić information content (AvgIpc) is 3.25. The number of hydrogen-bond acceptors (Lipinski definition) is 4.